The van der Waals surface area contributed by atoms with E-state index in [9.17, 15) is 22.8 Å². The van der Waals surface area contributed by atoms with E-state index in [-0.39, 0.29) is 11.5 Å². The molecule has 4 atom stereocenters. The van der Waals surface area contributed by atoms with Crippen molar-refractivity contribution in [1.82, 2.24) is 5.32 Å². The molecule has 8 heteroatoms. The Bertz CT molecular complexity index is 761. The van der Waals surface area contributed by atoms with Crippen molar-refractivity contribution in [3.8, 4) is 0 Å². The number of benzene rings is 1. The zero-order valence-electron chi connectivity index (χ0n) is 16.4. The van der Waals surface area contributed by atoms with Crippen molar-refractivity contribution in [2.75, 3.05) is 7.11 Å². The Hall–Kier alpha value is -1.60. The predicted molar refractivity (Wildman–Crippen MR) is 103 cm³/mol. The second-order valence-electron chi connectivity index (χ2n) is 8.18. The fraction of sp³-hybridized carbons (Fsp3) is 0.619. The number of hydrogen-bond donors (Lipinski definition) is 1. The van der Waals surface area contributed by atoms with Gasteiger partial charge >= 0.3 is 12.1 Å². The summed E-state index contributed by atoms with van der Waals surface area (Å²) in [5, 5.41) is 3.27. The fourth-order valence-corrected chi connectivity index (χ4v) is 5.04. The minimum absolute atomic E-state index is 0.110. The van der Waals surface area contributed by atoms with E-state index in [0.717, 1.165) is 46.1 Å². The van der Waals surface area contributed by atoms with Crippen molar-refractivity contribution < 1.29 is 27.5 Å². The van der Waals surface area contributed by atoms with Gasteiger partial charge in [0.05, 0.1) is 13.0 Å². The van der Waals surface area contributed by atoms with Crippen LogP contribution >= 0.6 is 11.6 Å². The number of nitrogens with one attached hydrogen (secondary N) is 1. The van der Waals surface area contributed by atoms with Gasteiger partial charge in [-0.05, 0) is 49.9 Å². The number of rotatable bonds is 4. The third-order valence-electron chi connectivity index (χ3n) is 6.58. The molecule has 29 heavy (non-hydrogen) atoms. The smallest absolute Gasteiger partial charge is 0.397 e. The summed E-state index contributed by atoms with van der Waals surface area (Å²) in [6.07, 6.45) is -0.508. The highest BCUT2D eigenvalue weighted by Gasteiger charge is 2.70. The molecule has 1 heterocycles. The second-order valence-corrected chi connectivity index (χ2v) is 8.61. The van der Waals surface area contributed by atoms with Crippen LogP contribution in [-0.2, 0) is 9.53 Å². The van der Waals surface area contributed by atoms with E-state index in [4.69, 9.17) is 11.6 Å². The predicted octanol–water partition coefficient (Wildman–Crippen LogP) is 4.80. The number of esters is 1. The molecule has 0 bridgehead atoms. The number of alkyl halides is 3. The van der Waals surface area contributed by atoms with E-state index >= 15 is 0 Å². The number of halogens is 4. The zero-order valence-corrected chi connectivity index (χ0v) is 17.1. The first-order valence-electron chi connectivity index (χ1n) is 9.81. The lowest BCUT2D eigenvalue weighted by molar-refractivity contribution is -0.233. The number of ether oxygens (including phenoxy) is 1. The van der Waals surface area contributed by atoms with Crippen molar-refractivity contribution in [1.29, 1.82) is 0 Å². The van der Waals surface area contributed by atoms with Crippen LogP contribution in [0.4, 0.5) is 13.2 Å². The second kappa shape index (κ2) is 8.26. The molecule has 1 aromatic rings. The number of carbonyl (C=O) groups is 2. The van der Waals surface area contributed by atoms with Gasteiger partial charge in [0.1, 0.15) is 11.5 Å². The molecule has 1 N–H and O–H groups in total. The normalized spacial score (nSPS) is 30.9. The molecule has 0 radical (unpaired) electrons. The molecular weight excluding hydrogens is 407 g/mol. The van der Waals surface area contributed by atoms with Crippen LogP contribution in [0.2, 0.25) is 5.02 Å². The summed E-state index contributed by atoms with van der Waals surface area (Å²) in [6, 6.07) is 3.44. The summed E-state index contributed by atoms with van der Waals surface area (Å²) in [5.74, 6) is -3.18. The maximum atomic E-state index is 14.4. The van der Waals surface area contributed by atoms with Crippen LogP contribution < -0.4 is 5.32 Å². The van der Waals surface area contributed by atoms with Crippen LogP contribution in [-0.4, -0.2) is 37.1 Å². The van der Waals surface area contributed by atoms with E-state index in [0.29, 0.717) is 5.02 Å². The van der Waals surface area contributed by atoms with Crippen LogP contribution in [0.5, 0.6) is 0 Å². The average molecular weight is 432 g/mol. The van der Waals surface area contributed by atoms with Gasteiger partial charge < -0.3 is 4.74 Å². The van der Waals surface area contributed by atoms with Gasteiger partial charge in [-0.3, -0.25) is 14.9 Å². The van der Waals surface area contributed by atoms with Crippen molar-refractivity contribution in [3.05, 3.63) is 34.9 Å². The molecule has 4 nitrogen and oxygen atoms in total. The van der Waals surface area contributed by atoms with E-state index in [1.165, 1.54) is 24.3 Å². The Labute approximate surface area is 173 Å². The molecule has 2 aliphatic rings. The minimum Gasteiger partial charge on any atom is -0.468 e. The maximum Gasteiger partial charge on any atom is 0.397 e. The standard InChI is InChI=1S/C21H25ClF3NO3/c1-20(21(23,24)25)15(17(27)13-8-10-14(22)11-9-13)16(12-6-4-3-5-7-12)26-18(20)19(28)29-2/h8-12,15-16,18,26H,3-7H2,1-2H3/t15-,16-,18+,20-/m0/s1. The molecule has 160 valence electrons. The van der Waals surface area contributed by atoms with Gasteiger partial charge in [0.2, 0.25) is 0 Å². The average Bonchev–Trinajstić information content (AvgIpc) is 3.02. The molecule has 0 aromatic heterocycles. The van der Waals surface area contributed by atoms with Crippen LogP contribution in [0.3, 0.4) is 0 Å². The molecule has 1 aliphatic heterocycles. The highest BCUT2D eigenvalue weighted by atomic mass is 35.5. The Morgan fingerprint density at radius 1 is 1.14 bits per heavy atom. The van der Waals surface area contributed by atoms with Crippen LogP contribution in [0, 0.1) is 17.3 Å². The van der Waals surface area contributed by atoms with Crippen LogP contribution in [0.25, 0.3) is 0 Å². The minimum atomic E-state index is -4.78. The molecule has 1 aromatic carbocycles. The van der Waals surface area contributed by atoms with Crippen molar-refractivity contribution >= 4 is 23.4 Å². The van der Waals surface area contributed by atoms with E-state index in [1.807, 2.05) is 0 Å². The third kappa shape index (κ3) is 3.91. The summed E-state index contributed by atoms with van der Waals surface area (Å²) >= 11 is 5.87. The van der Waals surface area contributed by atoms with Gasteiger partial charge in [-0.15, -0.1) is 0 Å². The first-order valence-corrected chi connectivity index (χ1v) is 10.2. The van der Waals surface area contributed by atoms with Gasteiger partial charge in [0, 0.05) is 16.6 Å². The van der Waals surface area contributed by atoms with Crippen LogP contribution in [0.1, 0.15) is 49.4 Å². The largest absolute Gasteiger partial charge is 0.468 e. The summed E-state index contributed by atoms with van der Waals surface area (Å²) < 4.78 is 47.9. The monoisotopic (exact) mass is 431 g/mol. The lowest BCUT2D eigenvalue weighted by Crippen LogP contribution is -2.54. The van der Waals surface area contributed by atoms with Gasteiger partial charge in [0.25, 0.3) is 0 Å². The summed E-state index contributed by atoms with van der Waals surface area (Å²) in [6.45, 7) is 0.961. The van der Waals surface area contributed by atoms with Gasteiger partial charge in [-0.2, -0.15) is 13.2 Å². The number of ketones is 1. The molecule has 3 rings (SSSR count). The van der Waals surface area contributed by atoms with Crippen LogP contribution in [0.15, 0.2) is 24.3 Å². The first kappa shape index (κ1) is 22.1. The number of methoxy groups -OCH3 is 1. The lowest BCUT2D eigenvalue weighted by Gasteiger charge is -2.38. The first-order chi connectivity index (χ1) is 13.6. The SMILES string of the molecule is COC(=O)[C@H]1N[C@@H](C2CCCCC2)[C@@H](C(=O)c2ccc(Cl)cc2)[C@]1(C)C(F)(F)F. The zero-order chi connectivity index (χ0) is 21.4. The van der Waals surface area contributed by atoms with Gasteiger partial charge in [-0.1, -0.05) is 30.9 Å². The molecule has 2 fully saturated rings. The Kier molecular flexibility index (Phi) is 6.30. The number of hydrogen-bond acceptors (Lipinski definition) is 4. The Morgan fingerprint density at radius 3 is 2.24 bits per heavy atom. The highest BCUT2D eigenvalue weighted by molar-refractivity contribution is 6.30. The van der Waals surface area contributed by atoms with E-state index in [2.05, 4.69) is 10.1 Å². The Morgan fingerprint density at radius 2 is 1.72 bits per heavy atom. The topological polar surface area (TPSA) is 55.4 Å². The summed E-state index contributed by atoms with van der Waals surface area (Å²) in [4.78, 5) is 25.7. The number of carbonyl (C=O) groups excluding carboxylic acids is 2. The summed E-state index contributed by atoms with van der Waals surface area (Å²) in [5.41, 5.74) is -2.43. The maximum absolute atomic E-state index is 14.4. The van der Waals surface area contributed by atoms with Gasteiger partial charge in [0.15, 0.2) is 5.78 Å². The van der Waals surface area contributed by atoms with Gasteiger partial charge in [-0.25, -0.2) is 0 Å². The van der Waals surface area contributed by atoms with Crippen molar-refractivity contribution in [2.45, 2.75) is 57.3 Å². The number of Topliss-reactive ketones (excluding diaryl/α,β-unsaturated/α-hetero) is 1. The molecule has 0 spiro atoms. The quantitative estimate of drug-likeness (QED) is 0.549. The van der Waals surface area contributed by atoms with E-state index in [1.54, 1.807) is 0 Å². The Balaban J connectivity index is 2.10. The van der Waals surface area contributed by atoms with Crippen molar-refractivity contribution in [3.63, 3.8) is 0 Å². The third-order valence-corrected chi connectivity index (χ3v) is 6.83. The van der Waals surface area contributed by atoms with Crippen molar-refractivity contribution in [2.24, 2.45) is 17.3 Å². The van der Waals surface area contributed by atoms with E-state index < -0.39 is 41.3 Å². The molecule has 1 saturated heterocycles. The molecule has 1 aliphatic carbocycles. The molecular formula is C21H25ClF3NO3. The lowest BCUT2D eigenvalue weighted by atomic mass is 9.66. The molecule has 0 unspecified atom stereocenters. The fourth-order valence-electron chi connectivity index (χ4n) is 4.92. The summed E-state index contributed by atoms with van der Waals surface area (Å²) in [7, 11) is 1.06. The highest BCUT2D eigenvalue weighted by Crippen LogP contribution is 2.55. The molecule has 1 saturated carbocycles. The molecule has 0 amide bonds.